The molecule has 0 aliphatic heterocycles. The topological polar surface area (TPSA) is 55.1 Å². The van der Waals surface area contributed by atoms with Crippen LogP contribution in [0.4, 0.5) is 5.69 Å². The van der Waals surface area contributed by atoms with Crippen molar-refractivity contribution in [2.45, 2.75) is 0 Å². The number of amides is 1. The zero-order chi connectivity index (χ0) is 21.5. The molecule has 0 spiro atoms. The second kappa shape index (κ2) is 7.36. The summed E-state index contributed by atoms with van der Waals surface area (Å²) in [7, 11) is 0. The Bertz CT molecular complexity index is 1630. The molecule has 1 heterocycles. The number of oxazole rings is 1. The van der Waals surface area contributed by atoms with Gasteiger partial charge < -0.3 is 9.73 Å². The van der Waals surface area contributed by atoms with Gasteiger partial charge in [0.15, 0.2) is 5.58 Å². The number of aromatic nitrogens is 1. The lowest BCUT2D eigenvalue weighted by Crippen LogP contribution is -2.13. The van der Waals surface area contributed by atoms with Crippen LogP contribution in [0.25, 0.3) is 44.1 Å². The van der Waals surface area contributed by atoms with Crippen LogP contribution in [0.5, 0.6) is 0 Å². The van der Waals surface area contributed by atoms with Gasteiger partial charge in [-0.3, -0.25) is 4.79 Å². The maximum Gasteiger partial charge on any atom is 0.256 e. The fourth-order valence-corrected chi connectivity index (χ4v) is 4.17. The van der Waals surface area contributed by atoms with Crippen molar-refractivity contribution in [2.75, 3.05) is 5.32 Å². The Morgan fingerprint density at radius 2 is 1.38 bits per heavy atom. The van der Waals surface area contributed by atoms with E-state index < -0.39 is 0 Å². The molecule has 0 unspecified atom stereocenters. The molecule has 1 N–H and O–H groups in total. The van der Waals surface area contributed by atoms with E-state index in [1.807, 2.05) is 97.1 Å². The molecule has 4 nitrogen and oxygen atoms in total. The first-order valence-electron chi connectivity index (χ1n) is 10.4. The van der Waals surface area contributed by atoms with Crippen molar-refractivity contribution < 1.29 is 9.21 Å². The number of anilines is 1. The molecule has 0 radical (unpaired) electrons. The van der Waals surface area contributed by atoms with Gasteiger partial charge in [-0.2, -0.15) is 0 Å². The quantitative estimate of drug-likeness (QED) is 0.337. The van der Waals surface area contributed by atoms with Gasteiger partial charge in [0, 0.05) is 10.9 Å². The van der Waals surface area contributed by atoms with E-state index in [9.17, 15) is 4.79 Å². The number of hydrogen-bond donors (Lipinski definition) is 1. The highest BCUT2D eigenvalue weighted by Gasteiger charge is 2.17. The smallest absolute Gasteiger partial charge is 0.256 e. The molecule has 0 atom stereocenters. The summed E-state index contributed by atoms with van der Waals surface area (Å²) < 4.78 is 6.10. The van der Waals surface area contributed by atoms with Crippen molar-refractivity contribution in [3.05, 3.63) is 109 Å². The van der Waals surface area contributed by atoms with E-state index >= 15 is 0 Å². The summed E-state index contributed by atoms with van der Waals surface area (Å²) in [6, 6.07) is 33.3. The molecule has 4 heteroatoms. The van der Waals surface area contributed by atoms with Crippen LogP contribution in [-0.4, -0.2) is 10.9 Å². The fraction of sp³-hybridized carbons (Fsp3) is 0. The zero-order valence-electron chi connectivity index (χ0n) is 17.1. The minimum atomic E-state index is -0.171. The van der Waals surface area contributed by atoms with Crippen LogP contribution in [0, 0.1) is 0 Å². The van der Waals surface area contributed by atoms with Gasteiger partial charge in [-0.1, -0.05) is 78.9 Å². The Morgan fingerprint density at radius 3 is 2.25 bits per heavy atom. The largest absolute Gasteiger partial charge is 0.436 e. The van der Waals surface area contributed by atoms with E-state index in [1.165, 1.54) is 0 Å². The van der Waals surface area contributed by atoms with Crippen LogP contribution in [0.1, 0.15) is 10.4 Å². The molecular formula is C28H18N2O2. The number of nitrogens with zero attached hydrogens (tertiary/aromatic N) is 1. The second-order valence-corrected chi connectivity index (χ2v) is 7.68. The Labute approximate surface area is 184 Å². The summed E-state index contributed by atoms with van der Waals surface area (Å²) in [5.74, 6) is 0.306. The van der Waals surface area contributed by atoms with Crippen molar-refractivity contribution in [3.8, 4) is 11.5 Å². The summed E-state index contributed by atoms with van der Waals surface area (Å²) in [4.78, 5) is 18.0. The molecule has 32 heavy (non-hydrogen) atoms. The summed E-state index contributed by atoms with van der Waals surface area (Å²) in [5.41, 5.74) is 3.55. The van der Waals surface area contributed by atoms with E-state index in [0.29, 0.717) is 22.7 Å². The number of para-hydroxylation sites is 1. The molecule has 152 valence electrons. The summed E-state index contributed by atoms with van der Waals surface area (Å²) in [6.45, 7) is 0. The van der Waals surface area contributed by atoms with Crippen molar-refractivity contribution in [1.29, 1.82) is 0 Å². The van der Waals surface area contributed by atoms with E-state index in [1.54, 1.807) is 0 Å². The Kier molecular flexibility index (Phi) is 4.22. The molecule has 0 fully saturated rings. The summed E-state index contributed by atoms with van der Waals surface area (Å²) in [5, 5.41) is 7.15. The monoisotopic (exact) mass is 414 g/mol. The number of carbonyl (C=O) groups excluding carboxylic acids is 1. The highest BCUT2D eigenvalue weighted by atomic mass is 16.3. The van der Waals surface area contributed by atoms with E-state index in [-0.39, 0.29) is 5.91 Å². The molecule has 6 rings (SSSR count). The lowest BCUT2D eigenvalue weighted by Gasteiger charge is -2.10. The molecule has 1 aromatic heterocycles. The number of fused-ring (bicyclic) bond motifs is 4. The van der Waals surface area contributed by atoms with Gasteiger partial charge in [0.05, 0.1) is 11.3 Å². The molecule has 0 aliphatic rings. The first-order valence-corrected chi connectivity index (χ1v) is 10.4. The van der Waals surface area contributed by atoms with Gasteiger partial charge in [0.1, 0.15) is 5.52 Å². The van der Waals surface area contributed by atoms with Gasteiger partial charge in [0.2, 0.25) is 5.89 Å². The molecule has 5 aromatic carbocycles. The Balaban J connectivity index is 1.43. The number of carbonyl (C=O) groups is 1. The molecule has 0 saturated carbocycles. The highest BCUT2D eigenvalue weighted by molar-refractivity contribution is 6.14. The van der Waals surface area contributed by atoms with Gasteiger partial charge >= 0.3 is 0 Å². The van der Waals surface area contributed by atoms with Crippen LogP contribution in [0.2, 0.25) is 0 Å². The van der Waals surface area contributed by atoms with Crippen LogP contribution in [0.3, 0.4) is 0 Å². The molecule has 0 bridgehead atoms. The lowest BCUT2D eigenvalue weighted by atomic mass is 10.0. The number of hydrogen-bond acceptors (Lipinski definition) is 3. The normalized spacial score (nSPS) is 11.2. The standard InChI is InChI=1S/C28H18N2O2/c31-27(22-14-7-10-18-8-1-3-11-20(18)22)29-24-15-6-5-13-23(24)28-30-26-21-12-4-2-9-19(21)16-17-25(26)32-28/h1-17H,(H,29,31). The third kappa shape index (κ3) is 3.01. The number of nitrogens with one attached hydrogen (secondary N) is 1. The van der Waals surface area contributed by atoms with Crippen LogP contribution >= 0.6 is 0 Å². The SMILES string of the molecule is O=C(Nc1ccccc1-c1nc2c(ccc3ccccc32)o1)c1cccc2ccccc12. The Hall–Kier alpha value is -4.44. The van der Waals surface area contributed by atoms with Gasteiger partial charge in [0.25, 0.3) is 5.91 Å². The van der Waals surface area contributed by atoms with Crippen molar-refractivity contribution in [1.82, 2.24) is 4.98 Å². The average molecular weight is 414 g/mol. The van der Waals surface area contributed by atoms with Gasteiger partial charge in [-0.05, 0) is 40.4 Å². The number of rotatable bonds is 3. The average Bonchev–Trinajstić information content (AvgIpc) is 3.29. The first kappa shape index (κ1) is 18.3. The van der Waals surface area contributed by atoms with Crippen LogP contribution in [0.15, 0.2) is 108 Å². The van der Waals surface area contributed by atoms with E-state index in [0.717, 1.165) is 32.6 Å². The highest BCUT2D eigenvalue weighted by Crippen LogP contribution is 2.33. The second-order valence-electron chi connectivity index (χ2n) is 7.68. The summed E-state index contributed by atoms with van der Waals surface area (Å²) >= 11 is 0. The predicted molar refractivity (Wildman–Crippen MR) is 129 cm³/mol. The maximum absolute atomic E-state index is 13.2. The van der Waals surface area contributed by atoms with Crippen molar-refractivity contribution in [2.24, 2.45) is 0 Å². The molecule has 0 aliphatic carbocycles. The molecular weight excluding hydrogens is 396 g/mol. The zero-order valence-corrected chi connectivity index (χ0v) is 17.1. The fourth-order valence-electron chi connectivity index (χ4n) is 4.17. The predicted octanol–water partition coefficient (Wildman–Crippen LogP) is 7.05. The first-order chi connectivity index (χ1) is 15.8. The van der Waals surface area contributed by atoms with E-state index in [4.69, 9.17) is 9.40 Å². The van der Waals surface area contributed by atoms with Crippen molar-refractivity contribution >= 4 is 44.2 Å². The number of benzene rings is 5. The van der Waals surface area contributed by atoms with E-state index in [2.05, 4.69) is 11.4 Å². The molecule has 0 saturated heterocycles. The minimum absolute atomic E-state index is 0.171. The van der Waals surface area contributed by atoms with Crippen LogP contribution < -0.4 is 5.32 Å². The Morgan fingerprint density at radius 1 is 0.688 bits per heavy atom. The van der Waals surface area contributed by atoms with Crippen molar-refractivity contribution in [3.63, 3.8) is 0 Å². The molecule has 1 amide bonds. The summed E-state index contributed by atoms with van der Waals surface area (Å²) in [6.07, 6.45) is 0. The third-order valence-corrected chi connectivity index (χ3v) is 5.72. The lowest BCUT2D eigenvalue weighted by molar-refractivity contribution is 0.102. The van der Waals surface area contributed by atoms with Crippen LogP contribution in [-0.2, 0) is 0 Å². The van der Waals surface area contributed by atoms with Gasteiger partial charge in [-0.15, -0.1) is 0 Å². The molecule has 6 aromatic rings. The third-order valence-electron chi connectivity index (χ3n) is 5.72. The van der Waals surface area contributed by atoms with Gasteiger partial charge in [-0.25, -0.2) is 4.98 Å². The maximum atomic E-state index is 13.2. The minimum Gasteiger partial charge on any atom is -0.436 e.